The van der Waals surface area contributed by atoms with Gasteiger partial charge in [0, 0.05) is 18.7 Å². The molecule has 1 fully saturated rings. The van der Waals surface area contributed by atoms with Crippen LogP contribution >= 0.6 is 8.30 Å². The van der Waals surface area contributed by atoms with Crippen LogP contribution in [0.5, 0.6) is 11.5 Å². The molecule has 5 rings (SSSR count). The number of hydrogen-bond acceptors (Lipinski definition) is 3. The van der Waals surface area contributed by atoms with Crippen LogP contribution in [0.4, 0.5) is 0 Å². The molecule has 1 aliphatic carbocycles. The molecule has 0 amide bonds. The highest BCUT2D eigenvalue weighted by Gasteiger charge is 2.33. The molecule has 0 aliphatic heterocycles. The zero-order chi connectivity index (χ0) is 22.8. The fraction of sp³-hybridized carbons (Fsp3) is 0.138. The largest absolute Gasteiger partial charge is 0.507 e. The third-order valence-corrected chi connectivity index (χ3v) is 8.26. The van der Waals surface area contributed by atoms with Crippen molar-refractivity contribution in [3.8, 4) is 22.6 Å². The lowest BCUT2D eigenvalue weighted by molar-refractivity contribution is 0.448. The fourth-order valence-corrected chi connectivity index (χ4v) is 6.22. The van der Waals surface area contributed by atoms with Crippen LogP contribution < -0.4 is 4.52 Å². The minimum Gasteiger partial charge on any atom is -0.507 e. The van der Waals surface area contributed by atoms with Crippen LogP contribution in [0.15, 0.2) is 72.8 Å². The Morgan fingerprint density at radius 3 is 2.18 bits per heavy atom. The van der Waals surface area contributed by atoms with Gasteiger partial charge in [-0.1, -0.05) is 68.4 Å². The highest BCUT2D eigenvalue weighted by molar-refractivity contribution is 7.54. The summed E-state index contributed by atoms with van der Waals surface area (Å²) in [5.41, 5.74) is 3.03. The predicted molar refractivity (Wildman–Crippen MR) is 139 cm³/mol. The average Bonchev–Trinajstić information content (AvgIpc) is 3.38. The molecule has 4 aromatic carbocycles. The number of nitrogens with zero attached hydrogens (tertiary/aromatic N) is 1. The normalized spacial score (nSPS) is 15.5. The number of hydrogen-bond donors (Lipinski definition) is 1. The van der Waals surface area contributed by atoms with Crippen LogP contribution in [-0.4, -0.2) is 22.9 Å². The summed E-state index contributed by atoms with van der Waals surface area (Å²) in [6.07, 6.45) is 8.42. The number of rotatable bonds is 7. The van der Waals surface area contributed by atoms with E-state index in [1.165, 1.54) is 5.66 Å². The monoisotopic (exact) mass is 452 g/mol. The molecular weight excluding hydrogens is 425 g/mol. The maximum atomic E-state index is 11.0. The first-order valence-electron chi connectivity index (χ1n) is 11.4. The second-order valence-electron chi connectivity index (χ2n) is 8.02. The Balaban J connectivity index is 1.67. The summed E-state index contributed by atoms with van der Waals surface area (Å²) in [5.74, 6) is 1.09. The fourth-order valence-electron chi connectivity index (χ4n) is 4.43. The molecular formula is C29H27NO2P. The molecule has 33 heavy (non-hydrogen) atoms. The lowest BCUT2D eigenvalue weighted by atomic mass is 9.93. The lowest BCUT2D eigenvalue weighted by Gasteiger charge is -2.32. The number of phenolic OH excluding ortho intramolecular Hbond substituents is 1. The van der Waals surface area contributed by atoms with Gasteiger partial charge in [-0.25, -0.2) is 0 Å². The summed E-state index contributed by atoms with van der Waals surface area (Å²) in [6, 6.07) is 24.4. The van der Waals surface area contributed by atoms with Crippen molar-refractivity contribution in [3.63, 3.8) is 0 Å². The minimum atomic E-state index is -0.967. The Labute approximate surface area is 197 Å². The zero-order valence-corrected chi connectivity index (χ0v) is 19.8. The first-order chi connectivity index (χ1) is 16.2. The van der Waals surface area contributed by atoms with Crippen LogP contribution in [0.1, 0.15) is 13.8 Å². The van der Waals surface area contributed by atoms with Crippen LogP contribution in [0.25, 0.3) is 32.7 Å². The summed E-state index contributed by atoms with van der Waals surface area (Å²) >= 11 is 0. The standard InChI is InChI=1S/C29H27NO2P/c1-3-30(4-2)33(24-13-7-8-14-24)32-23-19-22-12-6-9-15-25(22)27(20-23)29-26-16-10-5-11-21(26)17-18-28(29)31/h5-20,31H,3-4H2,1-2H3/t33-/m1/s1. The van der Waals surface area contributed by atoms with Crippen molar-refractivity contribution in [2.24, 2.45) is 0 Å². The van der Waals surface area contributed by atoms with Gasteiger partial charge in [0.1, 0.15) is 11.5 Å². The molecule has 1 atom stereocenters. The summed E-state index contributed by atoms with van der Waals surface area (Å²) in [5, 5.41) is 15.3. The molecule has 4 aromatic rings. The topological polar surface area (TPSA) is 32.7 Å². The Morgan fingerprint density at radius 1 is 0.788 bits per heavy atom. The molecule has 4 heteroatoms. The molecule has 1 aliphatic rings. The van der Waals surface area contributed by atoms with Crippen molar-refractivity contribution in [2.75, 3.05) is 13.1 Å². The van der Waals surface area contributed by atoms with Crippen LogP contribution in [0, 0.1) is 31.3 Å². The van der Waals surface area contributed by atoms with Gasteiger partial charge in [-0.2, -0.15) is 0 Å². The molecule has 1 N–H and O–H groups in total. The van der Waals surface area contributed by atoms with Crippen molar-refractivity contribution in [1.82, 2.24) is 4.67 Å². The summed E-state index contributed by atoms with van der Waals surface area (Å²) < 4.78 is 9.10. The van der Waals surface area contributed by atoms with E-state index in [1.54, 1.807) is 6.07 Å². The van der Waals surface area contributed by atoms with Crippen LogP contribution in [0.3, 0.4) is 0 Å². The van der Waals surface area contributed by atoms with Crippen LogP contribution in [0.2, 0.25) is 0 Å². The number of benzene rings is 4. The van der Waals surface area contributed by atoms with E-state index in [-0.39, 0.29) is 5.75 Å². The Morgan fingerprint density at radius 2 is 1.45 bits per heavy atom. The average molecular weight is 453 g/mol. The third kappa shape index (κ3) is 4.33. The van der Waals surface area contributed by atoms with Gasteiger partial charge in [-0.15, -0.1) is 0 Å². The zero-order valence-electron chi connectivity index (χ0n) is 18.9. The highest BCUT2D eigenvalue weighted by atomic mass is 31.2. The van der Waals surface area contributed by atoms with E-state index in [0.717, 1.165) is 51.5 Å². The molecule has 165 valence electrons. The van der Waals surface area contributed by atoms with E-state index in [2.05, 4.69) is 80.6 Å². The molecule has 0 spiro atoms. The van der Waals surface area contributed by atoms with E-state index in [4.69, 9.17) is 4.52 Å². The Hall–Kier alpha value is -2.61. The third-order valence-electron chi connectivity index (χ3n) is 6.06. The van der Waals surface area contributed by atoms with E-state index < -0.39 is 8.30 Å². The number of aromatic hydroxyl groups is 1. The predicted octanol–water partition coefficient (Wildman–Crippen LogP) is 7.76. The minimum absolute atomic E-state index is 0.276. The maximum absolute atomic E-state index is 11.0. The number of phenols is 1. The second-order valence-corrected chi connectivity index (χ2v) is 9.83. The van der Waals surface area contributed by atoms with Gasteiger partial charge in [0.25, 0.3) is 0 Å². The Kier molecular flexibility index (Phi) is 6.53. The maximum Gasteiger partial charge on any atom is 0.171 e. The van der Waals surface area contributed by atoms with Crippen molar-refractivity contribution >= 4 is 29.8 Å². The SMILES string of the molecule is CCN(CC)[P@](Oc1cc(-c2c(O)ccc3ccccc23)c2ccccc2c1)[C]1[CH][CH][CH][CH]1. The molecule has 3 nitrogen and oxygen atoms in total. The van der Waals surface area contributed by atoms with Crippen molar-refractivity contribution in [2.45, 2.75) is 13.8 Å². The van der Waals surface area contributed by atoms with Gasteiger partial charge in [0.05, 0.1) is 5.66 Å². The molecule has 5 radical (unpaired) electrons. The van der Waals surface area contributed by atoms with Gasteiger partial charge in [-0.3, -0.25) is 4.67 Å². The molecule has 0 bridgehead atoms. The van der Waals surface area contributed by atoms with Gasteiger partial charge in [-0.05, 0) is 71.0 Å². The number of fused-ring (bicyclic) bond motifs is 2. The Bertz CT molecular complexity index is 1260. The van der Waals surface area contributed by atoms with Crippen molar-refractivity contribution in [3.05, 3.63) is 104 Å². The van der Waals surface area contributed by atoms with Gasteiger partial charge in [0.2, 0.25) is 0 Å². The van der Waals surface area contributed by atoms with Crippen molar-refractivity contribution < 1.29 is 9.63 Å². The smallest absolute Gasteiger partial charge is 0.171 e. The molecule has 0 saturated heterocycles. The van der Waals surface area contributed by atoms with E-state index in [0.29, 0.717) is 0 Å². The van der Waals surface area contributed by atoms with E-state index in [1.807, 2.05) is 30.3 Å². The molecule has 1 saturated carbocycles. The second kappa shape index (κ2) is 9.71. The summed E-state index contributed by atoms with van der Waals surface area (Å²) in [7, 11) is -0.967. The van der Waals surface area contributed by atoms with Crippen LogP contribution in [-0.2, 0) is 0 Å². The first-order valence-corrected chi connectivity index (χ1v) is 12.6. The quantitative estimate of drug-likeness (QED) is 0.291. The molecule has 0 aromatic heterocycles. The molecule has 0 unspecified atom stereocenters. The van der Waals surface area contributed by atoms with Crippen molar-refractivity contribution in [1.29, 1.82) is 0 Å². The van der Waals surface area contributed by atoms with Gasteiger partial charge >= 0.3 is 0 Å². The lowest BCUT2D eigenvalue weighted by Crippen LogP contribution is -2.22. The van der Waals surface area contributed by atoms with Gasteiger partial charge < -0.3 is 9.63 Å². The van der Waals surface area contributed by atoms with E-state index in [9.17, 15) is 5.11 Å². The molecule has 0 heterocycles. The van der Waals surface area contributed by atoms with Gasteiger partial charge in [0.15, 0.2) is 8.30 Å². The summed E-state index contributed by atoms with van der Waals surface area (Å²) in [6.45, 7) is 6.17. The van der Waals surface area contributed by atoms with E-state index >= 15 is 0 Å². The highest BCUT2D eigenvalue weighted by Crippen LogP contribution is 2.57. The first kappa shape index (κ1) is 22.2. The summed E-state index contributed by atoms with van der Waals surface area (Å²) in [4.78, 5) is 0.